The number of para-hydroxylation sites is 1. The number of ether oxygens (including phenoxy) is 1. The third kappa shape index (κ3) is 4.88. The monoisotopic (exact) mass is 375 g/mol. The number of anilines is 2. The Morgan fingerprint density at radius 2 is 1.89 bits per heavy atom. The van der Waals surface area contributed by atoms with E-state index in [0.717, 1.165) is 22.6 Å². The SMILES string of the molecule is COc1ccccc1CCNC(=O)c1ccnc(Nc2cc(C)ccc2C)c1. The lowest BCUT2D eigenvalue weighted by molar-refractivity contribution is 0.0954. The van der Waals surface area contributed by atoms with Crippen LogP contribution >= 0.6 is 0 Å². The summed E-state index contributed by atoms with van der Waals surface area (Å²) in [6, 6.07) is 17.5. The van der Waals surface area contributed by atoms with Gasteiger partial charge in [-0.1, -0.05) is 30.3 Å². The average Bonchev–Trinajstić information content (AvgIpc) is 2.71. The number of aromatic nitrogens is 1. The molecule has 0 radical (unpaired) electrons. The number of benzene rings is 2. The number of pyridine rings is 1. The van der Waals surface area contributed by atoms with E-state index < -0.39 is 0 Å². The van der Waals surface area contributed by atoms with Crippen LogP contribution in [-0.2, 0) is 6.42 Å². The standard InChI is InChI=1S/C23H25N3O2/c1-16-8-9-17(2)20(14-16)26-22-15-19(11-12-24-22)23(27)25-13-10-18-6-4-5-7-21(18)28-3/h4-9,11-12,14-15H,10,13H2,1-3H3,(H,24,26)(H,25,27). The molecule has 2 aromatic carbocycles. The maximum Gasteiger partial charge on any atom is 0.251 e. The summed E-state index contributed by atoms with van der Waals surface area (Å²) in [5, 5.41) is 6.26. The van der Waals surface area contributed by atoms with Crippen LogP contribution in [0.2, 0.25) is 0 Å². The van der Waals surface area contributed by atoms with Crippen LogP contribution in [0.5, 0.6) is 5.75 Å². The van der Waals surface area contributed by atoms with Crippen LogP contribution in [0, 0.1) is 13.8 Å². The first-order valence-corrected chi connectivity index (χ1v) is 9.27. The molecule has 0 atom stereocenters. The second kappa shape index (κ2) is 9.04. The van der Waals surface area contributed by atoms with Gasteiger partial charge in [0.2, 0.25) is 0 Å². The quantitative estimate of drug-likeness (QED) is 0.641. The molecule has 0 saturated carbocycles. The normalized spacial score (nSPS) is 10.4. The first-order valence-electron chi connectivity index (χ1n) is 9.27. The minimum Gasteiger partial charge on any atom is -0.496 e. The van der Waals surface area contributed by atoms with Crippen molar-refractivity contribution in [3.8, 4) is 5.75 Å². The van der Waals surface area contributed by atoms with E-state index >= 15 is 0 Å². The van der Waals surface area contributed by atoms with Gasteiger partial charge in [0.15, 0.2) is 0 Å². The van der Waals surface area contributed by atoms with Crippen molar-refractivity contribution >= 4 is 17.4 Å². The van der Waals surface area contributed by atoms with Crippen LogP contribution in [-0.4, -0.2) is 24.5 Å². The van der Waals surface area contributed by atoms with Gasteiger partial charge in [-0.3, -0.25) is 4.79 Å². The van der Waals surface area contributed by atoms with E-state index in [4.69, 9.17) is 4.74 Å². The molecule has 3 rings (SSSR count). The zero-order valence-corrected chi connectivity index (χ0v) is 16.5. The summed E-state index contributed by atoms with van der Waals surface area (Å²) in [5.41, 5.74) is 4.92. The number of aryl methyl sites for hydroxylation is 2. The molecule has 0 aliphatic rings. The van der Waals surface area contributed by atoms with Crippen LogP contribution < -0.4 is 15.4 Å². The van der Waals surface area contributed by atoms with Crippen LogP contribution in [0.3, 0.4) is 0 Å². The Balaban J connectivity index is 1.63. The van der Waals surface area contributed by atoms with Gasteiger partial charge < -0.3 is 15.4 Å². The number of methoxy groups -OCH3 is 1. The van der Waals surface area contributed by atoms with E-state index in [9.17, 15) is 4.79 Å². The fourth-order valence-electron chi connectivity index (χ4n) is 2.97. The molecule has 0 aliphatic carbocycles. The Morgan fingerprint density at radius 3 is 2.71 bits per heavy atom. The van der Waals surface area contributed by atoms with Crippen molar-refractivity contribution in [1.82, 2.24) is 10.3 Å². The van der Waals surface area contributed by atoms with Crippen molar-refractivity contribution in [2.24, 2.45) is 0 Å². The molecule has 2 N–H and O–H groups in total. The van der Waals surface area contributed by atoms with E-state index in [-0.39, 0.29) is 5.91 Å². The highest BCUT2D eigenvalue weighted by Gasteiger charge is 2.09. The van der Waals surface area contributed by atoms with Crippen molar-refractivity contribution in [3.63, 3.8) is 0 Å². The summed E-state index contributed by atoms with van der Waals surface area (Å²) < 4.78 is 5.35. The second-order valence-corrected chi connectivity index (χ2v) is 6.69. The highest BCUT2D eigenvalue weighted by molar-refractivity contribution is 5.94. The maximum atomic E-state index is 12.5. The summed E-state index contributed by atoms with van der Waals surface area (Å²) in [4.78, 5) is 16.8. The number of rotatable bonds is 7. The number of carbonyl (C=O) groups excluding carboxylic acids is 1. The fourth-order valence-corrected chi connectivity index (χ4v) is 2.97. The van der Waals surface area contributed by atoms with Gasteiger partial charge in [0, 0.05) is 24.0 Å². The Hall–Kier alpha value is -3.34. The molecule has 0 unspecified atom stereocenters. The minimum atomic E-state index is -0.124. The molecule has 1 aromatic heterocycles. The average molecular weight is 375 g/mol. The number of nitrogens with zero attached hydrogens (tertiary/aromatic N) is 1. The lowest BCUT2D eigenvalue weighted by Crippen LogP contribution is -2.25. The van der Waals surface area contributed by atoms with E-state index in [1.807, 2.05) is 38.1 Å². The van der Waals surface area contributed by atoms with E-state index in [2.05, 4.69) is 33.8 Å². The summed E-state index contributed by atoms with van der Waals surface area (Å²) in [6.45, 7) is 4.61. The van der Waals surface area contributed by atoms with Crippen molar-refractivity contribution in [2.45, 2.75) is 20.3 Å². The molecule has 28 heavy (non-hydrogen) atoms. The van der Waals surface area contributed by atoms with E-state index in [0.29, 0.717) is 24.3 Å². The summed E-state index contributed by atoms with van der Waals surface area (Å²) in [5.74, 6) is 1.35. The number of hydrogen-bond donors (Lipinski definition) is 2. The molecule has 0 bridgehead atoms. The minimum absolute atomic E-state index is 0.124. The smallest absolute Gasteiger partial charge is 0.251 e. The van der Waals surface area contributed by atoms with Gasteiger partial charge in [-0.2, -0.15) is 0 Å². The third-order valence-electron chi connectivity index (χ3n) is 4.55. The van der Waals surface area contributed by atoms with Gasteiger partial charge in [-0.15, -0.1) is 0 Å². The van der Waals surface area contributed by atoms with Gasteiger partial charge in [-0.25, -0.2) is 4.98 Å². The molecule has 5 heteroatoms. The Kier molecular flexibility index (Phi) is 6.27. The predicted octanol–water partition coefficient (Wildman–Crippen LogP) is 4.42. The lowest BCUT2D eigenvalue weighted by Gasteiger charge is -2.11. The molecular weight excluding hydrogens is 350 g/mol. The van der Waals surface area contributed by atoms with Crippen LogP contribution in [0.15, 0.2) is 60.8 Å². The fraction of sp³-hybridized carbons (Fsp3) is 0.217. The molecule has 0 saturated heterocycles. The molecular formula is C23H25N3O2. The topological polar surface area (TPSA) is 63.2 Å². The van der Waals surface area contributed by atoms with Crippen LogP contribution in [0.25, 0.3) is 0 Å². The van der Waals surface area contributed by atoms with Crippen LogP contribution in [0.4, 0.5) is 11.5 Å². The van der Waals surface area contributed by atoms with Gasteiger partial charge in [0.25, 0.3) is 5.91 Å². The predicted molar refractivity (Wildman–Crippen MR) is 112 cm³/mol. The molecule has 1 heterocycles. The van der Waals surface area contributed by atoms with Crippen molar-refractivity contribution in [1.29, 1.82) is 0 Å². The summed E-state index contributed by atoms with van der Waals surface area (Å²) in [7, 11) is 1.65. The van der Waals surface area contributed by atoms with E-state index in [1.54, 1.807) is 25.4 Å². The molecule has 144 valence electrons. The van der Waals surface area contributed by atoms with Gasteiger partial charge in [0.05, 0.1) is 7.11 Å². The Labute approximate surface area is 165 Å². The Bertz CT molecular complexity index is 970. The molecule has 1 amide bonds. The zero-order valence-electron chi connectivity index (χ0n) is 16.5. The highest BCUT2D eigenvalue weighted by Crippen LogP contribution is 2.21. The first-order chi connectivity index (χ1) is 13.6. The van der Waals surface area contributed by atoms with Gasteiger partial charge in [0.1, 0.15) is 11.6 Å². The number of hydrogen-bond acceptors (Lipinski definition) is 4. The van der Waals surface area contributed by atoms with Gasteiger partial charge in [-0.05, 0) is 61.2 Å². The molecule has 5 nitrogen and oxygen atoms in total. The lowest BCUT2D eigenvalue weighted by atomic mass is 10.1. The van der Waals surface area contributed by atoms with Crippen molar-refractivity contribution in [2.75, 3.05) is 19.0 Å². The van der Waals surface area contributed by atoms with Crippen LogP contribution in [0.1, 0.15) is 27.0 Å². The Morgan fingerprint density at radius 1 is 1.07 bits per heavy atom. The zero-order chi connectivity index (χ0) is 19.9. The van der Waals surface area contributed by atoms with E-state index in [1.165, 1.54) is 5.56 Å². The number of carbonyl (C=O) groups is 1. The molecule has 3 aromatic rings. The second-order valence-electron chi connectivity index (χ2n) is 6.69. The summed E-state index contributed by atoms with van der Waals surface area (Å²) in [6.07, 6.45) is 2.34. The van der Waals surface area contributed by atoms with Gasteiger partial charge >= 0.3 is 0 Å². The molecule has 0 aliphatic heterocycles. The largest absolute Gasteiger partial charge is 0.496 e. The number of amides is 1. The van der Waals surface area contributed by atoms with Crippen molar-refractivity contribution in [3.05, 3.63) is 83.0 Å². The number of nitrogens with one attached hydrogen (secondary N) is 2. The molecule has 0 spiro atoms. The highest BCUT2D eigenvalue weighted by atomic mass is 16.5. The van der Waals surface area contributed by atoms with Crippen molar-refractivity contribution < 1.29 is 9.53 Å². The summed E-state index contributed by atoms with van der Waals surface area (Å²) >= 11 is 0. The maximum absolute atomic E-state index is 12.5. The first kappa shape index (κ1) is 19.4. The third-order valence-corrected chi connectivity index (χ3v) is 4.55. The molecule has 0 fully saturated rings.